The van der Waals surface area contributed by atoms with Crippen LogP contribution in [-0.2, 0) is 16.1 Å². The van der Waals surface area contributed by atoms with Gasteiger partial charge in [0.15, 0.2) is 0 Å². The number of hydrogen-bond acceptors (Lipinski definition) is 4. The second-order valence-electron chi connectivity index (χ2n) is 4.02. The smallest absolute Gasteiger partial charge is 0.0809 e. The highest BCUT2D eigenvalue weighted by Gasteiger charge is 2.15. The van der Waals surface area contributed by atoms with Crippen LogP contribution in [0.3, 0.4) is 0 Å². The SMILES string of the molecule is NCC#Cc1ccc(COCC2CCOC2)s1. The van der Waals surface area contributed by atoms with Crippen molar-refractivity contribution >= 4 is 11.3 Å². The van der Waals surface area contributed by atoms with E-state index in [2.05, 4.69) is 17.9 Å². The maximum absolute atomic E-state index is 5.68. The Morgan fingerprint density at radius 3 is 3.24 bits per heavy atom. The fourth-order valence-electron chi connectivity index (χ4n) is 1.70. The third-order valence-electron chi connectivity index (χ3n) is 2.60. The molecule has 2 N–H and O–H groups in total. The summed E-state index contributed by atoms with van der Waals surface area (Å²) in [6.07, 6.45) is 1.12. The van der Waals surface area contributed by atoms with Crippen LogP contribution < -0.4 is 5.73 Å². The molecule has 1 unspecified atom stereocenters. The lowest BCUT2D eigenvalue weighted by molar-refractivity contribution is 0.0806. The maximum atomic E-state index is 5.68. The van der Waals surface area contributed by atoms with E-state index in [-0.39, 0.29) is 0 Å². The lowest BCUT2D eigenvalue weighted by atomic mass is 10.1. The average Bonchev–Trinajstić information content (AvgIpc) is 2.98. The standard InChI is InChI=1S/C13H17NO2S/c14-6-1-2-12-3-4-13(17-12)10-16-9-11-5-7-15-8-11/h3-4,11H,5-10,14H2. The van der Waals surface area contributed by atoms with Gasteiger partial charge in [0.05, 0.1) is 31.2 Å². The molecule has 2 heterocycles. The molecule has 92 valence electrons. The lowest BCUT2D eigenvalue weighted by Crippen LogP contribution is -2.08. The van der Waals surface area contributed by atoms with Crippen molar-refractivity contribution in [3.8, 4) is 11.8 Å². The largest absolute Gasteiger partial charge is 0.381 e. The van der Waals surface area contributed by atoms with E-state index in [1.807, 2.05) is 6.07 Å². The molecular formula is C13H17NO2S. The van der Waals surface area contributed by atoms with Gasteiger partial charge in [-0.05, 0) is 18.6 Å². The number of hydrogen-bond donors (Lipinski definition) is 1. The monoisotopic (exact) mass is 251 g/mol. The van der Waals surface area contributed by atoms with Crippen molar-refractivity contribution in [1.82, 2.24) is 0 Å². The minimum atomic E-state index is 0.408. The highest BCUT2D eigenvalue weighted by Crippen LogP contribution is 2.18. The number of thiophene rings is 1. The van der Waals surface area contributed by atoms with E-state index in [1.54, 1.807) is 11.3 Å². The molecule has 0 aliphatic carbocycles. The maximum Gasteiger partial charge on any atom is 0.0809 e. The van der Waals surface area contributed by atoms with Crippen LogP contribution in [0.4, 0.5) is 0 Å². The number of ether oxygens (including phenoxy) is 2. The van der Waals surface area contributed by atoms with Crippen molar-refractivity contribution in [1.29, 1.82) is 0 Å². The van der Waals surface area contributed by atoms with Crippen molar-refractivity contribution in [2.45, 2.75) is 13.0 Å². The highest BCUT2D eigenvalue weighted by molar-refractivity contribution is 7.12. The van der Waals surface area contributed by atoms with Crippen LogP contribution in [0, 0.1) is 17.8 Å². The van der Waals surface area contributed by atoms with E-state index in [0.29, 0.717) is 19.1 Å². The van der Waals surface area contributed by atoms with Gasteiger partial charge in [-0.1, -0.05) is 11.8 Å². The average molecular weight is 251 g/mol. The fraction of sp³-hybridized carbons (Fsp3) is 0.538. The van der Waals surface area contributed by atoms with Gasteiger partial charge in [-0.3, -0.25) is 0 Å². The fourth-order valence-corrected chi connectivity index (χ4v) is 2.52. The molecule has 1 aliphatic heterocycles. The van der Waals surface area contributed by atoms with Crippen LogP contribution in [-0.4, -0.2) is 26.4 Å². The molecule has 1 saturated heterocycles. The van der Waals surface area contributed by atoms with Crippen molar-refractivity contribution in [2.75, 3.05) is 26.4 Å². The Morgan fingerprint density at radius 1 is 1.53 bits per heavy atom. The van der Waals surface area contributed by atoms with Gasteiger partial charge in [0.25, 0.3) is 0 Å². The quantitative estimate of drug-likeness (QED) is 0.827. The molecule has 3 nitrogen and oxygen atoms in total. The summed E-state index contributed by atoms with van der Waals surface area (Å²) in [5.74, 6) is 6.45. The minimum absolute atomic E-state index is 0.408. The Kier molecular flexibility index (Phi) is 5.02. The summed E-state index contributed by atoms with van der Waals surface area (Å²) in [5, 5.41) is 0. The molecule has 0 amide bonds. The van der Waals surface area contributed by atoms with E-state index >= 15 is 0 Å². The molecule has 4 heteroatoms. The van der Waals surface area contributed by atoms with Gasteiger partial charge < -0.3 is 15.2 Å². The molecule has 1 aromatic heterocycles. The third-order valence-corrected chi connectivity index (χ3v) is 3.57. The van der Waals surface area contributed by atoms with Crippen LogP contribution >= 0.6 is 11.3 Å². The zero-order valence-corrected chi connectivity index (χ0v) is 10.6. The molecule has 0 radical (unpaired) electrons. The molecule has 1 fully saturated rings. The first-order valence-corrected chi connectivity index (χ1v) is 6.63. The van der Waals surface area contributed by atoms with Crippen LogP contribution in [0.15, 0.2) is 12.1 Å². The molecule has 2 rings (SSSR count). The van der Waals surface area contributed by atoms with Crippen molar-refractivity contribution in [3.05, 3.63) is 21.9 Å². The Morgan fingerprint density at radius 2 is 2.47 bits per heavy atom. The van der Waals surface area contributed by atoms with Crippen LogP contribution in [0.2, 0.25) is 0 Å². The minimum Gasteiger partial charge on any atom is -0.381 e. The zero-order chi connectivity index (χ0) is 11.9. The highest BCUT2D eigenvalue weighted by atomic mass is 32.1. The Labute approximate surface area is 106 Å². The van der Waals surface area contributed by atoms with Gasteiger partial charge in [-0.2, -0.15) is 0 Å². The second kappa shape index (κ2) is 6.77. The molecule has 0 bridgehead atoms. The van der Waals surface area contributed by atoms with Crippen LogP contribution in [0.1, 0.15) is 16.2 Å². The Balaban J connectivity index is 1.73. The third kappa shape index (κ3) is 4.14. The van der Waals surface area contributed by atoms with Gasteiger partial charge >= 0.3 is 0 Å². The van der Waals surface area contributed by atoms with Crippen molar-refractivity contribution in [3.63, 3.8) is 0 Å². The second-order valence-corrected chi connectivity index (χ2v) is 5.18. The van der Waals surface area contributed by atoms with Gasteiger partial charge in [0.2, 0.25) is 0 Å². The number of nitrogens with two attached hydrogens (primary N) is 1. The molecule has 17 heavy (non-hydrogen) atoms. The topological polar surface area (TPSA) is 44.5 Å². The van der Waals surface area contributed by atoms with E-state index in [1.165, 1.54) is 4.88 Å². The molecule has 0 spiro atoms. The molecule has 1 atom stereocenters. The Hall–Kier alpha value is -0.860. The van der Waals surface area contributed by atoms with E-state index in [0.717, 1.165) is 31.1 Å². The summed E-state index contributed by atoms with van der Waals surface area (Å²) in [4.78, 5) is 2.27. The molecule has 0 aromatic carbocycles. The summed E-state index contributed by atoms with van der Waals surface area (Å²) in [6, 6.07) is 4.08. The van der Waals surface area contributed by atoms with E-state index in [9.17, 15) is 0 Å². The first kappa shape index (κ1) is 12.6. The van der Waals surface area contributed by atoms with Crippen molar-refractivity contribution in [2.24, 2.45) is 11.7 Å². The van der Waals surface area contributed by atoms with Gasteiger partial charge in [-0.15, -0.1) is 11.3 Å². The molecular weight excluding hydrogens is 234 g/mol. The number of rotatable bonds is 4. The molecule has 1 aliphatic rings. The Bertz CT molecular complexity index is 399. The summed E-state index contributed by atoms with van der Waals surface area (Å²) in [5.41, 5.74) is 5.33. The summed E-state index contributed by atoms with van der Waals surface area (Å²) >= 11 is 1.67. The van der Waals surface area contributed by atoms with Gasteiger partial charge in [0, 0.05) is 17.4 Å². The van der Waals surface area contributed by atoms with Crippen LogP contribution in [0.25, 0.3) is 0 Å². The van der Waals surface area contributed by atoms with Gasteiger partial charge in [-0.25, -0.2) is 0 Å². The molecule has 1 aromatic rings. The predicted molar refractivity (Wildman–Crippen MR) is 68.8 cm³/mol. The lowest BCUT2D eigenvalue weighted by Gasteiger charge is -2.07. The first-order chi connectivity index (χ1) is 8.38. The summed E-state index contributed by atoms with van der Waals surface area (Å²) < 4.78 is 11.0. The normalized spacial score (nSPS) is 19.0. The van der Waals surface area contributed by atoms with Gasteiger partial charge in [0.1, 0.15) is 0 Å². The van der Waals surface area contributed by atoms with Crippen molar-refractivity contribution < 1.29 is 9.47 Å². The molecule has 0 saturated carbocycles. The zero-order valence-electron chi connectivity index (χ0n) is 9.78. The van der Waals surface area contributed by atoms with E-state index < -0.39 is 0 Å². The van der Waals surface area contributed by atoms with Crippen LogP contribution in [0.5, 0.6) is 0 Å². The summed E-state index contributed by atoms with van der Waals surface area (Å²) in [7, 11) is 0. The predicted octanol–water partition coefficient (Wildman–Crippen LogP) is 1.61. The first-order valence-electron chi connectivity index (χ1n) is 5.81. The van der Waals surface area contributed by atoms with E-state index in [4.69, 9.17) is 15.2 Å². The summed E-state index contributed by atoms with van der Waals surface area (Å²) in [6.45, 7) is 3.60.